The first kappa shape index (κ1) is 24.0. The van der Waals surface area contributed by atoms with Gasteiger partial charge in [-0.05, 0) is 72.0 Å². The standard InChI is InChI=1S/C25H19Cl2F3N2O2S/c26-15-7-9-20(22(27)12-15)24-19-6-2-5-18(19)21-13-17(8-10-23(21)31-24)35(33,34)32-16-4-1-3-14(11-16)25(28,29)30/h1-5,7-13,18-19,24,31-32H,6H2/t18-,19+,24-/m0/s1. The van der Waals surface area contributed by atoms with Gasteiger partial charge in [0.05, 0.1) is 16.5 Å². The summed E-state index contributed by atoms with van der Waals surface area (Å²) in [6, 6.07) is 14.1. The molecule has 0 radical (unpaired) electrons. The maximum atomic E-state index is 13.0. The van der Waals surface area contributed by atoms with Crippen molar-refractivity contribution in [3.8, 4) is 0 Å². The number of hydrogen-bond donors (Lipinski definition) is 2. The fraction of sp³-hybridized carbons (Fsp3) is 0.200. The molecule has 1 heterocycles. The van der Waals surface area contributed by atoms with E-state index in [4.69, 9.17) is 23.2 Å². The van der Waals surface area contributed by atoms with E-state index in [1.165, 1.54) is 12.1 Å². The van der Waals surface area contributed by atoms with E-state index in [2.05, 4.69) is 22.2 Å². The topological polar surface area (TPSA) is 58.2 Å². The molecule has 0 saturated heterocycles. The van der Waals surface area contributed by atoms with Gasteiger partial charge in [0.25, 0.3) is 10.0 Å². The molecular formula is C25H19Cl2F3N2O2S. The summed E-state index contributed by atoms with van der Waals surface area (Å²) >= 11 is 12.5. The van der Waals surface area contributed by atoms with Crippen LogP contribution < -0.4 is 10.0 Å². The van der Waals surface area contributed by atoms with Crippen LogP contribution in [-0.2, 0) is 16.2 Å². The minimum absolute atomic E-state index is 0.0301. The zero-order valence-corrected chi connectivity index (χ0v) is 20.3. The maximum Gasteiger partial charge on any atom is 0.416 e. The van der Waals surface area contributed by atoms with Crippen molar-refractivity contribution in [2.24, 2.45) is 5.92 Å². The van der Waals surface area contributed by atoms with E-state index in [1.807, 2.05) is 6.07 Å². The smallest absolute Gasteiger partial charge is 0.378 e. The largest absolute Gasteiger partial charge is 0.416 e. The van der Waals surface area contributed by atoms with E-state index >= 15 is 0 Å². The number of sulfonamides is 1. The van der Waals surface area contributed by atoms with Gasteiger partial charge in [-0.15, -0.1) is 0 Å². The number of fused-ring (bicyclic) bond motifs is 3. The van der Waals surface area contributed by atoms with Crippen LogP contribution in [0.15, 0.2) is 77.7 Å². The quantitative estimate of drug-likeness (QED) is 0.335. The van der Waals surface area contributed by atoms with Gasteiger partial charge in [0.2, 0.25) is 0 Å². The molecule has 3 aromatic rings. The Hall–Kier alpha value is -2.68. The molecule has 0 aromatic heterocycles. The first-order chi connectivity index (χ1) is 16.5. The van der Waals surface area contributed by atoms with Crippen LogP contribution in [-0.4, -0.2) is 8.42 Å². The highest BCUT2D eigenvalue weighted by Gasteiger charge is 2.39. The van der Waals surface area contributed by atoms with Gasteiger partial charge in [0, 0.05) is 27.3 Å². The molecule has 5 rings (SSSR count). The predicted octanol–water partition coefficient (Wildman–Crippen LogP) is 7.64. The molecule has 0 spiro atoms. The van der Waals surface area contributed by atoms with Crippen LogP contribution in [0.2, 0.25) is 10.0 Å². The second-order valence-electron chi connectivity index (χ2n) is 8.57. The molecule has 182 valence electrons. The van der Waals surface area contributed by atoms with Gasteiger partial charge in [-0.2, -0.15) is 13.2 Å². The SMILES string of the molecule is O=S(=O)(Nc1cccc(C(F)(F)F)c1)c1ccc2c(c1)[C@H]1C=CC[C@H]1[C@@H](c1ccc(Cl)cc1Cl)N2. The van der Waals surface area contributed by atoms with Gasteiger partial charge in [-0.25, -0.2) is 8.42 Å². The monoisotopic (exact) mass is 538 g/mol. The average molecular weight is 539 g/mol. The van der Waals surface area contributed by atoms with Crippen LogP contribution in [0.3, 0.4) is 0 Å². The molecule has 2 N–H and O–H groups in total. The lowest BCUT2D eigenvalue weighted by molar-refractivity contribution is -0.137. The van der Waals surface area contributed by atoms with Gasteiger partial charge < -0.3 is 5.32 Å². The van der Waals surface area contributed by atoms with Crippen molar-refractivity contribution in [2.75, 3.05) is 10.0 Å². The number of hydrogen-bond acceptors (Lipinski definition) is 3. The first-order valence-electron chi connectivity index (χ1n) is 10.7. The van der Waals surface area contributed by atoms with Gasteiger partial charge in [-0.1, -0.05) is 47.5 Å². The highest BCUT2D eigenvalue weighted by atomic mass is 35.5. The van der Waals surface area contributed by atoms with E-state index in [1.54, 1.807) is 24.3 Å². The van der Waals surface area contributed by atoms with Crippen molar-refractivity contribution in [1.82, 2.24) is 0 Å². The third-order valence-electron chi connectivity index (χ3n) is 6.38. The number of benzene rings is 3. The second-order valence-corrected chi connectivity index (χ2v) is 11.1. The molecule has 35 heavy (non-hydrogen) atoms. The van der Waals surface area contributed by atoms with Crippen molar-refractivity contribution in [1.29, 1.82) is 0 Å². The Kier molecular flexibility index (Phi) is 6.02. The van der Waals surface area contributed by atoms with Gasteiger partial charge in [0.1, 0.15) is 0 Å². The minimum Gasteiger partial charge on any atom is -0.378 e. The Labute approximate surface area is 210 Å². The Balaban J connectivity index is 1.47. The van der Waals surface area contributed by atoms with Crippen LogP contribution in [0.5, 0.6) is 0 Å². The van der Waals surface area contributed by atoms with Gasteiger partial charge in [0.15, 0.2) is 0 Å². The lowest BCUT2D eigenvalue weighted by atomic mass is 9.77. The molecule has 0 fully saturated rings. The van der Waals surface area contributed by atoms with Crippen LogP contribution in [0.25, 0.3) is 0 Å². The zero-order chi connectivity index (χ0) is 25.0. The first-order valence-corrected chi connectivity index (χ1v) is 13.0. The number of anilines is 2. The summed E-state index contributed by atoms with van der Waals surface area (Å²) in [4.78, 5) is -0.0301. The Morgan fingerprint density at radius 3 is 2.51 bits per heavy atom. The van der Waals surface area contributed by atoms with E-state index in [0.717, 1.165) is 41.4 Å². The summed E-state index contributed by atoms with van der Waals surface area (Å²) in [6.07, 6.45) is 0.315. The zero-order valence-electron chi connectivity index (χ0n) is 18.0. The van der Waals surface area contributed by atoms with E-state index in [-0.39, 0.29) is 28.5 Å². The lowest BCUT2D eigenvalue weighted by Crippen LogP contribution is -2.29. The Morgan fingerprint density at radius 2 is 1.77 bits per heavy atom. The summed E-state index contributed by atoms with van der Waals surface area (Å²) in [5.74, 6) is 0.0576. The summed E-state index contributed by atoms with van der Waals surface area (Å²) < 4.78 is 67.4. The number of alkyl halides is 3. The fourth-order valence-corrected chi connectivity index (χ4v) is 6.38. The van der Waals surface area contributed by atoms with E-state index < -0.39 is 21.8 Å². The van der Waals surface area contributed by atoms with E-state index in [0.29, 0.717) is 10.0 Å². The molecule has 4 nitrogen and oxygen atoms in total. The van der Waals surface area contributed by atoms with Crippen LogP contribution in [0, 0.1) is 5.92 Å². The third-order valence-corrected chi connectivity index (χ3v) is 8.33. The molecule has 0 saturated carbocycles. The molecule has 1 aliphatic heterocycles. The van der Waals surface area contributed by atoms with Crippen LogP contribution >= 0.6 is 23.2 Å². The normalized spacial score (nSPS) is 21.2. The fourth-order valence-electron chi connectivity index (χ4n) is 4.77. The molecule has 2 aliphatic rings. The molecule has 0 unspecified atom stereocenters. The molecule has 3 aromatic carbocycles. The molecule has 3 atom stereocenters. The highest BCUT2D eigenvalue weighted by Crippen LogP contribution is 2.51. The van der Waals surface area contributed by atoms with Crippen LogP contribution in [0.1, 0.15) is 35.1 Å². The molecule has 10 heteroatoms. The average Bonchev–Trinajstić information content (AvgIpc) is 3.28. The summed E-state index contributed by atoms with van der Waals surface area (Å²) in [5, 5.41) is 4.58. The van der Waals surface area contributed by atoms with Crippen molar-refractivity contribution in [2.45, 2.75) is 29.5 Å². The number of halogens is 5. The van der Waals surface area contributed by atoms with Crippen molar-refractivity contribution in [3.05, 3.63) is 99.6 Å². The molecule has 1 aliphatic carbocycles. The summed E-state index contributed by atoms with van der Waals surface area (Å²) in [6.45, 7) is 0. The maximum absolute atomic E-state index is 13.0. The van der Waals surface area contributed by atoms with Crippen molar-refractivity contribution >= 4 is 44.6 Å². The second kappa shape index (κ2) is 8.76. The minimum atomic E-state index is -4.58. The molecule has 0 amide bonds. The van der Waals surface area contributed by atoms with Crippen molar-refractivity contribution in [3.63, 3.8) is 0 Å². The van der Waals surface area contributed by atoms with Gasteiger partial charge >= 0.3 is 6.18 Å². The summed E-state index contributed by atoms with van der Waals surface area (Å²) in [5.41, 5.74) is 1.39. The van der Waals surface area contributed by atoms with E-state index in [9.17, 15) is 21.6 Å². The Bertz CT molecular complexity index is 1440. The van der Waals surface area contributed by atoms with Crippen LogP contribution in [0.4, 0.5) is 24.5 Å². The lowest BCUT2D eigenvalue weighted by Gasteiger charge is -2.38. The number of rotatable bonds is 4. The molecular weight excluding hydrogens is 520 g/mol. The third kappa shape index (κ3) is 4.62. The predicted molar refractivity (Wildman–Crippen MR) is 132 cm³/mol. The van der Waals surface area contributed by atoms with Gasteiger partial charge in [-0.3, -0.25) is 4.72 Å². The summed E-state index contributed by atoms with van der Waals surface area (Å²) in [7, 11) is -4.12. The number of allylic oxidation sites excluding steroid dienone is 2. The van der Waals surface area contributed by atoms with Crippen molar-refractivity contribution < 1.29 is 21.6 Å². The highest BCUT2D eigenvalue weighted by molar-refractivity contribution is 7.92. The Morgan fingerprint density at radius 1 is 0.971 bits per heavy atom. The molecule has 0 bridgehead atoms. The number of nitrogens with one attached hydrogen (secondary N) is 2.